The second-order valence-electron chi connectivity index (χ2n) is 6.09. The number of benzene rings is 2. The Kier molecular flexibility index (Phi) is 7.37. The lowest BCUT2D eigenvalue weighted by Crippen LogP contribution is -2.43. The Hall–Kier alpha value is -1.70. The van der Waals surface area contributed by atoms with Gasteiger partial charge >= 0.3 is 0 Å². The zero-order valence-electron chi connectivity index (χ0n) is 14.9. The molecule has 0 saturated carbocycles. The first-order valence-electron chi connectivity index (χ1n) is 8.42. The topological polar surface area (TPSA) is 66.5 Å². The van der Waals surface area contributed by atoms with E-state index in [0.29, 0.717) is 0 Å². The molecule has 140 valence electrons. The highest BCUT2D eigenvalue weighted by molar-refractivity contribution is 9.10. The van der Waals surface area contributed by atoms with Crippen molar-refractivity contribution in [1.29, 1.82) is 0 Å². The molecule has 0 spiro atoms. The van der Waals surface area contributed by atoms with Gasteiger partial charge in [0.15, 0.2) is 0 Å². The van der Waals surface area contributed by atoms with Crippen LogP contribution in [0.5, 0.6) is 0 Å². The third kappa shape index (κ3) is 5.65. The van der Waals surface area contributed by atoms with Crippen LogP contribution in [0.2, 0.25) is 0 Å². The molecule has 1 N–H and O–H groups in total. The average Bonchev–Trinajstić information content (AvgIpc) is 2.63. The minimum atomic E-state index is -3.79. The molecular formula is C19H23BrN2O3S. The normalized spacial score (nSPS) is 12.8. The molecule has 2 aromatic rings. The van der Waals surface area contributed by atoms with E-state index >= 15 is 0 Å². The van der Waals surface area contributed by atoms with E-state index in [1.54, 1.807) is 18.2 Å². The molecule has 1 atom stereocenters. The van der Waals surface area contributed by atoms with Crippen LogP contribution in [0, 0.1) is 0 Å². The standard InChI is InChI=1S/C19H23BrN2O3S/c1-3-15(2)21-19(23)14-22(13-16-9-11-17(20)12-10-16)26(24,25)18-7-5-4-6-8-18/h4-12,15H,3,13-14H2,1-2H3,(H,21,23)/t15-/m0/s1. The molecule has 26 heavy (non-hydrogen) atoms. The minimum absolute atomic E-state index is 0.00328. The van der Waals surface area contributed by atoms with Crippen molar-refractivity contribution < 1.29 is 13.2 Å². The summed E-state index contributed by atoms with van der Waals surface area (Å²) >= 11 is 3.37. The van der Waals surface area contributed by atoms with Crippen LogP contribution in [0.4, 0.5) is 0 Å². The summed E-state index contributed by atoms with van der Waals surface area (Å²) in [6.07, 6.45) is 0.782. The largest absolute Gasteiger partial charge is 0.353 e. The number of nitrogens with one attached hydrogen (secondary N) is 1. The molecule has 0 unspecified atom stereocenters. The van der Waals surface area contributed by atoms with Gasteiger partial charge in [0.1, 0.15) is 0 Å². The van der Waals surface area contributed by atoms with Crippen molar-refractivity contribution in [2.45, 2.75) is 37.8 Å². The summed E-state index contributed by atoms with van der Waals surface area (Å²) in [5.41, 5.74) is 0.809. The number of carbonyl (C=O) groups is 1. The lowest BCUT2D eigenvalue weighted by molar-refractivity contribution is -0.122. The van der Waals surface area contributed by atoms with Crippen LogP contribution >= 0.6 is 15.9 Å². The summed E-state index contributed by atoms with van der Waals surface area (Å²) in [6.45, 7) is 3.75. The van der Waals surface area contributed by atoms with E-state index in [2.05, 4.69) is 21.2 Å². The number of carbonyl (C=O) groups excluding carboxylic acids is 1. The molecule has 0 heterocycles. The third-order valence-electron chi connectivity index (χ3n) is 3.99. The Morgan fingerprint density at radius 2 is 1.73 bits per heavy atom. The van der Waals surface area contributed by atoms with Gasteiger partial charge in [0.2, 0.25) is 15.9 Å². The van der Waals surface area contributed by atoms with Gasteiger partial charge < -0.3 is 5.32 Å². The van der Waals surface area contributed by atoms with Gasteiger partial charge in [-0.1, -0.05) is 53.2 Å². The number of hydrogen-bond donors (Lipinski definition) is 1. The highest BCUT2D eigenvalue weighted by Crippen LogP contribution is 2.19. The van der Waals surface area contributed by atoms with E-state index in [-0.39, 0.29) is 29.9 Å². The monoisotopic (exact) mass is 438 g/mol. The van der Waals surface area contributed by atoms with E-state index in [0.717, 1.165) is 16.5 Å². The van der Waals surface area contributed by atoms with Crippen LogP contribution in [0.25, 0.3) is 0 Å². The highest BCUT2D eigenvalue weighted by Gasteiger charge is 2.27. The number of halogens is 1. The Morgan fingerprint density at radius 3 is 2.31 bits per heavy atom. The number of hydrogen-bond acceptors (Lipinski definition) is 3. The lowest BCUT2D eigenvalue weighted by atomic mass is 10.2. The van der Waals surface area contributed by atoms with E-state index in [4.69, 9.17) is 0 Å². The van der Waals surface area contributed by atoms with Crippen molar-refractivity contribution in [3.05, 3.63) is 64.6 Å². The summed E-state index contributed by atoms with van der Waals surface area (Å²) in [4.78, 5) is 12.5. The number of rotatable bonds is 8. The molecule has 2 aromatic carbocycles. The van der Waals surface area contributed by atoms with Gasteiger partial charge in [-0.25, -0.2) is 8.42 Å². The van der Waals surface area contributed by atoms with Crippen molar-refractivity contribution in [3.63, 3.8) is 0 Å². The molecule has 1 amide bonds. The first kappa shape index (κ1) is 20.6. The smallest absolute Gasteiger partial charge is 0.243 e. The van der Waals surface area contributed by atoms with E-state index in [9.17, 15) is 13.2 Å². The van der Waals surface area contributed by atoms with Crippen LogP contribution in [-0.4, -0.2) is 31.2 Å². The fraction of sp³-hybridized carbons (Fsp3) is 0.316. The Labute approximate surface area is 163 Å². The first-order valence-corrected chi connectivity index (χ1v) is 10.6. The van der Waals surface area contributed by atoms with Gasteiger partial charge in [-0.15, -0.1) is 0 Å². The number of amides is 1. The Balaban J connectivity index is 2.28. The van der Waals surface area contributed by atoms with E-state index in [1.807, 2.05) is 38.1 Å². The summed E-state index contributed by atoms with van der Waals surface area (Å²) in [5, 5.41) is 2.83. The van der Waals surface area contributed by atoms with Gasteiger partial charge in [0, 0.05) is 17.1 Å². The molecule has 0 aromatic heterocycles. The maximum absolute atomic E-state index is 13.0. The average molecular weight is 439 g/mol. The fourth-order valence-electron chi connectivity index (χ4n) is 2.34. The Morgan fingerprint density at radius 1 is 1.12 bits per heavy atom. The van der Waals surface area contributed by atoms with Crippen molar-refractivity contribution in [2.75, 3.05) is 6.54 Å². The lowest BCUT2D eigenvalue weighted by Gasteiger charge is -2.23. The van der Waals surface area contributed by atoms with Crippen LogP contribution < -0.4 is 5.32 Å². The SMILES string of the molecule is CC[C@H](C)NC(=O)CN(Cc1ccc(Br)cc1)S(=O)(=O)c1ccccc1. The van der Waals surface area contributed by atoms with Crippen molar-refractivity contribution in [2.24, 2.45) is 0 Å². The highest BCUT2D eigenvalue weighted by atomic mass is 79.9. The van der Waals surface area contributed by atoms with Crippen LogP contribution in [0.15, 0.2) is 64.0 Å². The minimum Gasteiger partial charge on any atom is -0.353 e. The summed E-state index contributed by atoms with van der Waals surface area (Å²) < 4.78 is 28.2. The molecule has 0 bridgehead atoms. The molecule has 0 aliphatic rings. The maximum Gasteiger partial charge on any atom is 0.243 e. The first-order chi connectivity index (χ1) is 12.3. The molecule has 2 rings (SSSR count). The third-order valence-corrected chi connectivity index (χ3v) is 6.33. The van der Waals surface area contributed by atoms with Crippen LogP contribution in [-0.2, 0) is 21.4 Å². The molecular weight excluding hydrogens is 416 g/mol. The number of nitrogens with zero attached hydrogens (tertiary/aromatic N) is 1. The van der Waals surface area contributed by atoms with Crippen LogP contribution in [0.3, 0.4) is 0 Å². The van der Waals surface area contributed by atoms with Gasteiger partial charge in [-0.3, -0.25) is 4.79 Å². The summed E-state index contributed by atoms with van der Waals surface area (Å²) in [6, 6.07) is 15.5. The van der Waals surface area contributed by atoms with Crippen molar-refractivity contribution >= 4 is 31.9 Å². The molecule has 0 aliphatic carbocycles. The Bertz CT molecular complexity index is 824. The zero-order chi connectivity index (χ0) is 19.2. The van der Waals surface area contributed by atoms with Gasteiger partial charge in [0.25, 0.3) is 0 Å². The fourth-order valence-corrected chi connectivity index (χ4v) is 4.01. The molecule has 0 aliphatic heterocycles. The molecule has 0 radical (unpaired) electrons. The summed E-state index contributed by atoms with van der Waals surface area (Å²) in [5.74, 6) is -0.309. The maximum atomic E-state index is 13.0. The van der Waals surface area contributed by atoms with Crippen LogP contribution in [0.1, 0.15) is 25.8 Å². The van der Waals surface area contributed by atoms with Gasteiger partial charge in [-0.05, 0) is 43.2 Å². The van der Waals surface area contributed by atoms with Crippen molar-refractivity contribution in [1.82, 2.24) is 9.62 Å². The number of sulfonamides is 1. The summed E-state index contributed by atoms with van der Waals surface area (Å²) in [7, 11) is -3.79. The van der Waals surface area contributed by atoms with E-state index < -0.39 is 10.0 Å². The van der Waals surface area contributed by atoms with Crippen molar-refractivity contribution in [3.8, 4) is 0 Å². The second kappa shape index (κ2) is 9.30. The molecule has 5 nitrogen and oxygen atoms in total. The second-order valence-corrected chi connectivity index (χ2v) is 8.94. The molecule has 0 saturated heterocycles. The van der Waals surface area contributed by atoms with E-state index in [1.165, 1.54) is 16.4 Å². The quantitative estimate of drug-likeness (QED) is 0.684. The predicted molar refractivity (Wildman–Crippen MR) is 106 cm³/mol. The predicted octanol–water partition coefficient (Wildman–Crippen LogP) is 3.55. The molecule has 0 fully saturated rings. The van der Waals surface area contributed by atoms with Gasteiger partial charge in [-0.2, -0.15) is 4.31 Å². The zero-order valence-corrected chi connectivity index (χ0v) is 17.3. The van der Waals surface area contributed by atoms with Gasteiger partial charge in [0.05, 0.1) is 11.4 Å². The molecule has 7 heteroatoms.